The van der Waals surface area contributed by atoms with E-state index in [2.05, 4.69) is 5.10 Å². The number of nitrogens with zero attached hydrogens (tertiary/aromatic N) is 3. The van der Waals surface area contributed by atoms with Crippen molar-refractivity contribution in [3.63, 3.8) is 0 Å². The van der Waals surface area contributed by atoms with Crippen molar-refractivity contribution in [2.45, 2.75) is 40.3 Å². The van der Waals surface area contributed by atoms with Crippen LogP contribution in [0.2, 0.25) is 5.02 Å². The fourth-order valence-electron chi connectivity index (χ4n) is 2.33. The van der Waals surface area contributed by atoms with Crippen LogP contribution in [0.1, 0.15) is 41.3 Å². The predicted molar refractivity (Wildman–Crippen MR) is 77.5 cm³/mol. The Morgan fingerprint density at radius 3 is 2.70 bits per heavy atom. The van der Waals surface area contributed by atoms with E-state index in [0.717, 1.165) is 23.4 Å². The zero-order valence-corrected chi connectivity index (χ0v) is 12.6. The molecule has 0 radical (unpaired) electrons. The van der Waals surface area contributed by atoms with E-state index in [-0.39, 0.29) is 0 Å². The molecule has 2 rings (SSSR count). The average molecular weight is 296 g/mol. The molecule has 0 saturated heterocycles. The van der Waals surface area contributed by atoms with Crippen molar-refractivity contribution in [1.82, 2.24) is 14.3 Å². The minimum Gasteiger partial charge on any atom is -0.477 e. The topological polar surface area (TPSA) is 60.0 Å². The standard InChI is InChI=1S/C14H18ClN3O2/c1-4-10-12(15)11(18(5-2)16-10)8-17-7-6-9(3)13(17)14(19)20/h6-7H,4-5,8H2,1-3H3,(H,19,20). The Bertz CT molecular complexity index is 643. The van der Waals surface area contributed by atoms with Gasteiger partial charge in [-0.3, -0.25) is 4.68 Å². The molecule has 2 aromatic rings. The number of aromatic carboxylic acids is 1. The van der Waals surface area contributed by atoms with Gasteiger partial charge in [-0.25, -0.2) is 4.79 Å². The van der Waals surface area contributed by atoms with Gasteiger partial charge in [0.2, 0.25) is 0 Å². The highest BCUT2D eigenvalue weighted by molar-refractivity contribution is 6.31. The number of carboxylic acids is 1. The van der Waals surface area contributed by atoms with Gasteiger partial charge < -0.3 is 9.67 Å². The Hall–Kier alpha value is -1.75. The van der Waals surface area contributed by atoms with Crippen molar-refractivity contribution in [3.05, 3.63) is 39.9 Å². The Kier molecular flexibility index (Phi) is 4.18. The first-order valence-corrected chi connectivity index (χ1v) is 7.00. The van der Waals surface area contributed by atoms with Crippen molar-refractivity contribution < 1.29 is 9.90 Å². The number of hydrogen-bond donors (Lipinski definition) is 1. The molecule has 0 amide bonds. The molecule has 2 aromatic heterocycles. The molecule has 108 valence electrons. The van der Waals surface area contributed by atoms with E-state index in [0.29, 0.717) is 23.8 Å². The molecule has 0 atom stereocenters. The van der Waals surface area contributed by atoms with Crippen LogP contribution >= 0.6 is 11.6 Å². The largest absolute Gasteiger partial charge is 0.477 e. The summed E-state index contributed by atoms with van der Waals surface area (Å²) in [6.45, 7) is 6.90. The van der Waals surface area contributed by atoms with Gasteiger partial charge in [-0.05, 0) is 31.9 Å². The van der Waals surface area contributed by atoms with Gasteiger partial charge in [-0.2, -0.15) is 5.10 Å². The average Bonchev–Trinajstić information content (AvgIpc) is 2.92. The quantitative estimate of drug-likeness (QED) is 0.922. The third-order valence-electron chi connectivity index (χ3n) is 3.38. The normalized spacial score (nSPS) is 11.0. The minimum atomic E-state index is -0.929. The summed E-state index contributed by atoms with van der Waals surface area (Å²) in [5.74, 6) is -0.929. The summed E-state index contributed by atoms with van der Waals surface area (Å²) >= 11 is 6.35. The maximum atomic E-state index is 11.3. The first-order valence-electron chi connectivity index (χ1n) is 6.62. The van der Waals surface area contributed by atoms with Gasteiger partial charge in [-0.1, -0.05) is 18.5 Å². The first-order chi connectivity index (χ1) is 9.49. The Labute approximate surface area is 122 Å². The molecule has 20 heavy (non-hydrogen) atoms. The first kappa shape index (κ1) is 14.7. The lowest BCUT2D eigenvalue weighted by Gasteiger charge is -2.09. The van der Waals surface area contributed by atoms with E-state index in [4.69, 9.17) is 11.6 Å². The zero-order valence-electron chi connectivity index (χ0n) is 11.9. The summed E-state index contributed by atoms with van der Waals surface area (Å²) < 4.78 is 3.54. The molecule has 2 heterocycles. The molecule has 0 unspecified atom stereocenters. The predicted octanol–water partition coefficient (Wildman–Crippen LogP) is 2.98. The van der Waals surface area contributed by atoms with E-state index in [1.165, 1.54) is 0 Å². The third-order valence-corrected chi connectivity index (χ3v) is 3.82. The summed E-state index contributed by atoms with van der Waals surface area (Å²) in [5, 5.41) is 14.4. The molecular formula is C14H18ClN3O2. The minimum absolute atomic E-state index is 0.294. The molecule has 0 saturated carbocycles. The number of carboxylic acid groups (broad SMARTS) is 1. The van der Waals surface area contributed by atoms with E-state index in [1.807, 2.05) is 18.5 Å². The van der Waals surface area contributed by atoms with Gasteiger partial charge in [0.1, 0.15) is 5.69 Å². The SMILES string of the molecule is CCc1nn(CC)c(Cn2ccc(C)c2C(=O)O)c1Cl. The molecule has 5 nitrogen and oxygen atoms in total. The maximum absolute atomic E-state index is 11.3. The Morgan fingerprint density at radius 1 is 1.45 bits per heavy atom. The molecule has 0 fully saturated rings. The number of aromatic nitrogens is 3. The van der Waals surface area contributed by atoms with Gasteiger partial charge in [0.05, 0.1) is 23.0 Å². The molecule has 0 aliphatic rings. The maximum Gasteiger partial charge on any atom is 0.352 e. The number of aryl methyl sites for hydroxylation is 3. The summed E-state index contributed by atoms with van der Waals surface area (Å²) in [6.07, 6.45) is 2.53. The van der Waals surface area contributed by atoms with Gasteiger partial charge >= 0.3 is 5.97 Å². The molecule has 0 bridgehead atoms. The highest BCUT2D eigenvalue weighted by Gasteiger charge is 2.18. The molecule has 0 aliphatic heterocycles. The monoisotopic (exact) mass is 295 g/mol. The summed E-state index contributed by atoms with van der Waals surface area (Å²) in [7, 11) is 0. The van der Waals surface area contributed by atoms with Crippen molar-refractivity contribution in [3.8, 4) is 0 Å². The fourth-order valence-corrected chi connectivity index (χ4v) is 2.66. The molecule has 6 heteroatoms. The summed E-state index contributed by atoms with van der Waals surface area (Å²) in [4.78, 5) is 11.3. The van der Waals surface area contributed by atoms with Gasteiger partial charge in [0, 0.05) is 12.7 Å². The lowest BCUT2D eigenvalue weighted by Crippen LogP contribution is -2.13. The van der Waals surface area contributed by atoms with E-state index in [1.54, 1.807) is 23.8 Å². The molecule has 0 aliphatic carbocycles. The number of carbonyl (C=O) groups is 1. The van der Waals surface area contributed by atoms with Crippen LogP contribution < -0.4 is 0 Å². The van der Waals surface area contributed by atoms with E-state index >= 15 is 0 Å². The number of hydrogen-bond acceptors (Lipinski definition) is 2. The van der Waals surface area contributed by atoms with Crippen molar-refractivity contribution >= 4 is 17.6 Å². The molecular weight excluding hydrogens is 278 g/mol. The molecule has 0 spiro atoms. The van der Waals surface area contributed by atoms with Crippen LogP contribution in [0.25, 0.3) is 0 Å². The Balaban J connectivity index is 2.45. The highest BCUT2D eigenvalue weighted by Crippen LogP contribution is 2.23. The van der Waals surface area contributed by atoms with Crippen LogP contribution in [0.5, 0.6) is 0 Å². The second-order valence-electron chi connectivity index (χ2n) is 4.66. The van der Waals surface area contributed by atoms with Crippen LogP contribution in [0.3, 0.4) is 0 Å². The van der Waals surface area contributed by atoms with Crippen LogP contribution in [-0.4, -0.2) is 25.4 Å². The second kappa shape index (κ2) is 5.71. The number of rotatable bonds is 5. The summed E-state index contributed by atoms with van der Waals surface area (Å²) in [5.41, 5.74) is 2.74. The van der Waals surface area contributed by atoms with E-state index < -0.39 is 5.97 Å². The van der Waals surface area contributed by atoms with E-state index in [9.17, 15) is 9.90 Å². The van der Waals surface area contributed by atoms with Gasteiger partial charge in [0.25, 0.3) is 0 Å². The van der Waals surface area contributed by atoms with Crippen molar-refractivity contribution in [2.24, 2.45) is 0 Å². The van der Waals surface area contributed by atoms with Crippen LogP contribution in [-0.2, 0) is 19.5 Å². The van der Waals surface area contributed by atoms with Crippen molar-refractivity contribution in [2.75, 3.05) is 0 Å². The molecule has 0 aromatic carbocycles. The van der Waals surface area contributed by atoms with Gasteiger partial charge in [-0.15, -0.1) is 0 Å². The van der Waals surface area contributed by atoms with Crippen LogP contribution in [0.15, 0.2) is 12.3 Å². The number of halogens is 1. The highest BCUT2D eigenvalue weighted by atomic mass is 35.5. The van der Waals surface area contributed by atoms with Gasteiger partial charge in [0.15, 0.2) is 0 Å². The lowest BCUT2D eigenvalue weighted by atomic mass is 10.2. The van der Waals surface area contributed by atoms with Crippen LogP contribution in [0.4, 0.5) is 0 Å². The summed E-state index contributed by atoms with van der Waals surface area (Å²) in [6, 6.07) is 1.80. The Morgan fingerprint density at radius 2 is 2.15 bits per heavy atom. The fraction of sp³-hybridized carbons (Fsp3) is 0.429. The third kappa shape index (κ3) is 2.45. The second-order valence-corrected chi connectivity index (χ2v) is 5.04. The zero-order chi connectivity index (χ0) is 14.9. The smallest absolute Gasteiger partial charge is 0.352 e. The van der Waals surface area contributed by atoms with Crippen molar-refractivity contribution in [1.29, 1.82) is 0 Å². The van der Waals surface area contributed by atoms with Crippen LogP contribution in [0, 0.1) is 6.92 Å². The molecule has 1 N–H and O–H groups in total. The lowest BCUT2D eigenvalue weighted by molar-refractivity contribution is 0.0685.